The molecule has 1 amide bonds. The normalized spacial score (nSPS) is 12.4. The number of amides is 1. The summed E-state index contributed by atoms with van der Waals surface area (Å²) in [6.45, 7) is 1.43. The third kappa shape index (κ3) is 4.88. The maximum Gasteiger partial charge on any atom is 0.339 e. The molecule has 0 saturated carbocycles. The number of carbonyl (C=O) groups is 2. The molecule has 134 valence electrons. The average molecular weight is 382 g/mol. The van der Waals surface area contributed by atoms with E-state index in [9.17, 15) is 18.0 Å². The van der Waals surface area contributed by atoms with Crippen molar-refractivity contribution in [1.29, 1.82) is 0 Å². The lowest BCUT2D eigenvalue weighted by Crippen LogP contribution is -2.33. The van der Waals surface area contributed by atoms with Gasteiger partial charge in [0.15, 0.2) is 6.61 Å². The molecule has 2 aromatic rings. The minimum atomic E-state index is -3.87. The number of esters is 1. The van der Waals surface area contributed by atoms with Crippen LogP contribution in [0.1, 0.15) is 28.9 Å². The van der Waals surface area contributed by atoms with Gasteiger partial charge in [0, 0.05) is 12.4 Å². The Morgan fingerprint density at radius 3 is 2.48 bits per heavy atom. The minimum absolute atomic E-state index is 0.0422. The average Bonchev–Trinajstić information content (AvgIpc) is 3.09. The van der Waals surface area contributed by atoms with Crippen LogP contribution in [-0.4, -0.2) is 38.8 Å². The molecule has 1 aromatic heterocycles. The Hall–Kier alpha value is -2.23. The molecular weight excluding hydrogens is 364 g/mol. The highest BCUT2D eigenvalue weighted by atomic mass is 32.2. The van der Waals surface area contributed by atoms with Gasteiger partial charge in [0.2, 0.25) is 10.0 Å². The lowest BCUT2D eigenvalue weighted by atomic mass is 10.1. The number of benzene rings is 1. The Morgan fingerprint density at radius 1 is 1.28 bits per heavy atom. The van der Waals surface area contributed by atoms with Crippen molar-refractivity contribution in [2.45, 2.75) is 17.2 Å². The van der Waals surface area contributed by atoms with Crippen LogP contribution in [0.3, 0.4) is 0 Å². The molecule has 1 heterocycles. The van der Waals surface area contributed by atoms with Gasteiger partial charge in [0.1, 0.15) is 4.21 Å². The number of ether oxygens (including phenoxy) is 1. The number of rotatable bonds is 6. The standard InChI is InChI=1S/C16H18N2O5S2/c1-11(12-6-4-3-5-7-12)18(2)14(19)9-23-16(20)13-8-15(24-10-13)25(17,21)22/h3-8,10-11H,9H2,1-2H3,(H2,17,21,22)/t11-/m1/s1. The molecule has 1 aromatic carbocycles. The second kappa shape index (κ2) is 7.77. The number of carbonyl (C=O) groups excluding carboxylic acids is 2. The molecule has 1 atom stereocenters. The molecule has 2 rings (SSSR count). The molecule has 0 spiro atoms. The van der Waals surface area contributed by atoms with Gasteiger partial charge in [-0.1, -0.05) is 30.3 Å². The van der Waals surface area contributed by atoms with E-state index in [0.29, 0.717) is 0 Å². The van der Waals surface area contributed by atoms with E-state index in [1.807, 2.05) is 37.3 Å². The maximum atomic E-state index is 12.2. The summed E-state index contributed by atoms with van der Waals surface area (Å²) in [5, 5.41) is 6.31. The Kier molecular flexibility index (Phi) is 5.93. The lowest BCUT2D eigenvalue weighted by Gasteiger charge is -2.25. The molecule has 25 heavy (non-hydrogen) atoms. The zero-order valence-corrected chi connectivity index (χ0v) is 15.3. The van der Waals surface area contributed by atoms with E-state index in [4.69, 9.17) is 9.88 Å². The van der Waals surface area contributed by atoms with Crippen molar-refractivity contribution in [1.82, 2.24) is 4.90 Å². The quantitative estimate of drug-likeness (QED) is 0.766. The van der Waals surface area contributed by atoms with E-state index >= 15 is 0 Å². The number of nitrogens with two attached hydrogens (primary N) is 1. The Bertz CT molecular complexity index is 862. The smallest absolute Gasteiger partial charge is 0.339 e. The minimum Gasteiger partial charge on any atom is -0.452 e. The van der Waals surface area contributed by atoms with Crippen LogP contribution in [0.5, 0.6) is 0 Å². The molecule has 2 N–H and O–H groups in total. The maximum absolute atomic E-state index is 12.2. The van der Waals surface area contributed by atoms with E-state index in [-0.39, 0.29) is 21.7 Å². The van der Waals surface area contributed by atoms with E-state index in [1.165, 1.54) is 10.3 Å². The molecule has 7 nitrogen and oxygen atoms in total. The molecule has 9 heteroatoms. The van der Waals surface area contributed by atoms with Gasteiger partial charge < -0.3 is 9.64 Å². The first kappa shape index (κ1) is 19.1. The molecular formula is C16H18N2O5S2. The second-order valence-corrected chi connectivity index (χ2v) is 8.07. The summed E-state index contributed by atoms with van der Waals surface area (Å²) in [6.07, 6.45) is 0. The van der Waals surface area contributed by atoms with Gasteiger partial charge >= 0.3 is 5.97 Å². The van der Waals surface area contributed by atoms with Gasteiger partial charge in [-0.05, 0) is 18.6 Å². The molecule has 0 bridgehead atoms. The van der Waals surface area contributed by atoms with E-state index in [1.54, 1.807) is 7.05 Å². The monoisotopic (exact) mass is 382 g/mol. The van der Waals surface area contributed by atoms with Crippen LogP contribution >= 0.6 is 11.3 Å². The van der Waals surface area contributed by atoms with Gasteiger partial charge in [-0.25, -0.2) is 18.4 Å². The summed E-state index contributed by atoms with van der Waals surface area (Å²) in [4.78, 5) is 25.6. The zero-order valence-electron chi connectivity index (χ0n) is 13.7. The lowest BCUT2D eigenvalue weighted by molar-refractivity contribution is -0.135. The van der Waals surface area contributed by atoms with Crippen molar-refractivity contribution in [3.8, 4) is 0 Å². The number of likely N-dealkylation sites (N-methyl/N-ethyl adjacent to an activating group) is 1. The van der Waals surface area contributed by atoms with Gasteiger partial charge in [-0.15, -0.1) is 11.3 Å². The largest absolute Gasteiger partial charge is 0.452 e. The molecule has 0 saturated heterocycles. The third-order valence-electron chi connectivity index (χ3n) is 3.67. The van der Waals surface area contributed by atoms with Gasteiger partial charge in [0.25, 0.3) is 5.91 Å². The zero-order chi connectivity index (χ0) is 18.6. The summed E-state index contributed by atoms with van der Waals surface area (Å²) in [5.41, 5.74) is 1.00. The van der Waals surface area contributed by atoms with Crippen molar-refractivity contribution >= 4 is 33.2 Å². The van der Waals surface area contributed by atoms with E-state index in [0.717, 1.165) is 23.0 Å². The van der Waals surface area contributed by atoms with Crippen molar-refractivity contribution < 1.29 is 22.7 Å². The number of hydrogen-bond acceptors (Lipinski definition) is 6. The molecule has 0 aliphatic rings. The fourth-order valence-corrected chi connectivity index (χ4v) is 3.63. The number of hydrogen-bond donors (Lipinski definition) is 1. The van der Waals surface area contributed by atoms with Crippen molar-refractivity contribution in [2.24, 2.45) is 5.14 Å². The Labute approximate surface area is 150 Å². The summed E-state index contributed by atoms with van der Waals surface area (Å²) < 4.78 is 27.2. The summed E-state index contributed by atoms with van der Waals surface area (Å²) in [5.74, 6) is -1.15. The van der Waals surface area contributed by atoms with Crippen LogP contribution in [0, 0.1) is 0 Å². The van der Waals surface area contributed by atoms with Crippen LogP contribution < -0.4 is 5.14 Å². The van der Waals surface area contributed by atoms with Crippen molar-refractivity contribution in [3.63, 3.8) is 0 Å². The third-order valence-corrected chi connectivity index (χ3v) is 6.06. The van der Waals surface area contributed by atoms with Crippen molar-refractivity contribution in [3.05, 3.63) is 52.9 Å². The summed E-state index contributed by atoms with van der Waals surface area (Å²) in [6, 6.07) is 10.4. The topological polar surface area (TPSA) is 107 Å². The van der Waals surface area contributed by atoms with Crippen molar-refractivity contribution in [2.75, 3.05) is 13.7 Å². The Balaban J connectivity index is 1.95. The van der Waals surface area contributed by atoms with Gasteiger partial charge in [0.05, 0.1) is 11.6 Å². The number of thiophene rings is 1. The van der Waals surface area contributed by atoms with Gasteiger partial charge in [-0.3, -0.25) is 4.79 Å². The van der Waals surface area contributed by atoms with Crippen LogP contribution in [0.2, 0.25) is 0 Å². The Morgan fingerprint density at radius 2 is 1.92 bits per heavy atom. The first-order valence-electron chi connectivity index (χ1n) is 7.29. The highest BCUT2D eigenvalue weighted by Gasteiger charge is 2.20. The SMILES string of the molecule is C[C@H](c1ccccc1)N(C)C(=O)COC(=O)c1csc(S(N)(=O)=O)c1. The predicted molar refractivity (Wildman–Crippen MR) is 93.6 cm³/mol. The highest BCUT2D eigenvalue weighted by molar-refractivity contribution is 7.91. The molecule has 0 unspecified atom stereocenters. The first-order valence-corrected chi connectivity index (χ1v) is 9.72. The molecule has 0 aliphatic carbocycles. The number of primary sulfonamides is 1. The van der Waals surface area contributed by atoms with E-state index in [2.05, 4.69) is 0 Å². The first-order chi connectivity index (χ1) is 11.7. The molecule has 0 radical (unpaired) electrons. The number of nitrogens with zero attached hydrogens (tertiary/aromatic N) is 1. The highest BCUT2D eigenvalue weighted by Crippen LogP contribution is 2.20. The molecule has 0 aliphatic heterocycles. The predicted octanol–water partition coefficient (Wildman–Crippen LogP) is 1.77. The van der Waals surface area contributed by atoms with Crippen LogP contribution in [0.25, 0.3) is 0 Å². The number of sulfonamides is 1. The summed E-state index contributed by atoms with van der Waals surface area (Å²) in [7, 11) is -2.24. The fraction of sp³-hybridized carbons (Fsp3) is 0.250. The summed E-state index contributed by atoms with van der Waals surface area (Å²) >= 11 is 0.818. The van der Waals surface area contributed by atoms with Crippen LogP contribution in [0.15, 0.2) is 46.0 Å². The van der Waals surface area contributed by atoms with Crippen LogP contribution in [-0.2, 0) is 19.6 Å². The fourth-order valence-electron chi connectivity index (χ4n) is 2.06. The van der Waals surface area contributed by atoms with Crippen LogP contribution in [0.4, 0.5) is 0 Å². The van der Waals surface area contributed by atoms with E-state index < -0.39 is 22.6 Å². The molecule has 0 fully saturated rings. The van der Waals surface area contributed by atoms with Gasteiger partial charge in [-0.2, -0.15) is 0 Å². The second-order valence-electron chi connectivity index (χ2n) is 5.37.